The first-order chi connectivity index (χ1) is 11.4. The Bertz CT molecular complexity index is 872. The number of rotatable bonds is 3. The Hall–Kier alpha value is -0.436. The molecule has 6 heteroatoms. The van der Waals surface area contributed by atoms with Crippen molar-refractivity contribution in [1.29, 1.82) is 0 Å². The van der Waals surface area contributed by atoms with E-state index in [1.165, 1.54) is 4.50 Å². The van der Waals surface area contributed by atoms with Crippen LogP contribution in [0.2, 0.25) is 36.3 Å². The summed E-state index contributed by atoms with van der Waals surface area (Å²) in [5, 5.41) is 0.236. The van der Waals surface area contributed by atoms with Gasteiger partial charge in [-0.2, -0.15) is 0 Å². The van der Waals surface area contributed by atoms with Crippen molar-refractivity contribution >= 4 is 46.7 Å². The van der Waals surface area contributed by atoms with Gasteiger partial charge in [-0.25, -0.2) is 8.42 Å². The molecule has 1 aliphatic heterocycles. The molecule has 0 bridgehead atoms. The molecule has 0 spiro atoms. The van der Waals surface area contributed by atoms with E-state index in [0.717, 1.165) is 4.88 Å². The number of allylic oxidation sites excluding steroid dienone is 2. The molecule has 0 fully saturated rings. The van der Waals surface area contributed by atoms with Gasteiger partial charge < -0.3 is 0 Å². The van der Waals surface area contributed by atoms with Gasteiger partial charge in [-0.05, 0) is 26.7 Å². The summed E-state index contributed by atoms with van der Waals surface area (Å²) in [6.07, 6.45) is 3.72. The van der Waals surface area contributed by atoms with Crippen LogP contribution in [0.3, 0.4) is 0 Å². The fourth-order valence-electron chi connectivity index (χ4n) is 2.75. The fraction of sp³-hybridized carbons (Fsp3) is 0.600. The van der Waals surface area contributed by atoms with Crippen molar-refractivity contribution in [2.75, 3.05) is 0 Å². The molecular formula is C20H34O2S2Si2. The summed E-state index contributed by atoms with van der Waals surface area (Å²) < 4.78 is 28.8. The minimum absolute atomic E-state index is 0.00303. The molecule has 0 saturated carbocycles. The molecule has 2 heterocycles. The lowest BCUT2D eigenvalue weighted by molar-refractivity contribution is 0.612. The summed E-state index contributed by atoms with van der Waals surface area (Å²) in [6, 6.07) is 4.18. The van der Waals surface area contributed by atoms with Crippen LogP contribution in [0, 0.1) is 0 Å². The zero-order chi connectivity index (χ0) is 20.3. The van der Waals surface area contributed by atoms with Gasteiger partial charge in [0.15, 0.2) is 9.84 Å². The van der Waals surface area contributed by atoms with Crippen molar-refractivity contribution in [2.24, 2.45) is 0 Å². The summed E-state index contributed by atoms with van der Waals surface area (Å²) in [7, 11) is -7.14. The van der Waals surface area contributed by atoms with E-state index in [4.69, 9.17) is 0 Å². The average Bonchev–Trinajstić information content (AvgIpc) is 2.99. The van der Waals surface area contributed by atoms with Gasteiger partial charge in [0.05, 0.1) is 13.0 Å². The van der Waals surface area contributed by atoms with Crippen LogP contribution in [0.5, 0.6) is 0 Å². The van der Waals surface area contributed by atoms with E-state index in [2.05, 4.69) is 73.8 Å². The van der Waals surface area contributed by atoms with E-state index in [-0.39, 0.29) is 10.1 Å². The zero-order valence-corrected chi connectivity index (χ0v) is 21.6. The topological polar surface area (TPSA) is 34.1 Å². The third-order valence-corrected chi connectivity index (χ3v) is 24.0. The predicted molar refractivity (Wildman–Crippen MR) is 123 cm³/mol. The van der Waals surface area contributed by atoms with Crippen LogP contribution in [-0.2, 0) is 9.84 Å². The molecule has 0 N–H and O–H groups in total. The van der Waals surface area contributed by atoms with Crippen molar-refractivity contribution in [3.05, 3.63) is 33.7 Å². The second kappa shape index (κ2) is 6.29. The minimum Gasteiger partial charge on any atom is -0.219 e. The quantitative estimate of drug-likeness (QED) is 0.542. The average molecular weight is 427 g/mol. The van der Waals surface area contributed by atoms with E-state index < -0.39 is 26.0 Å². The smallest absolute Gasteiger partial charge is 0.200 e. The molecule has 2 nitrogen and oxygen atoms in total. The Balaban J connectivity index is 2.44. The molecule has 1 aliphatic rings. The normalized spacial score (nSPS) is 18.7. The van der Waals surface area contributed by atoms with E-state index in [9.17, 15) is 8.42 Å². The summed E-state index contributed by atoms with van der Waals surface area (Å²) >= 11 is 1.68. The lowest BCUT2D eigenvalue weighted by atomic mass is 10.2. The van der Waals surface area contributed by atoms with Gasteiger partial charge in [0, 0.05) is 9.41 Å². The minimum atomic E-state index is -3.38. The van der Waals surface area contributed by atoms with Crippen LogP contribution in [-0.4, -0.2) is 24.6 Å². The van der Waals surface area contributed by atoms with Crippen molar-refractivity contribution in [3.8, 4) is 0 Å². The molecular weight excluding hydrogens is 393 g/mol. The molecule has 0 amide bonds. The largest absolute Gasteiger partial charge is 0.219 e. The highest BCUT2D eigenvalue weighted by Gasteiger charge is 2.47. The number of hydrogen-bond acceptors (Lipinski definition) is 3. The first kappa shape index (κ1) is 21.9. The van der Waals surface area contributed by atoms with Gasteiger partial charge in [-0.1, -0.05) is 79.9 Å². The van der Waals surface area contributed by atoms with E-state index >= 15 is 0 Å². The molecule has 1 aromatic rings. The Kier molecular flexibility index (Phi) is 5.29. The van der Waals surface area contributed by atoms with Crippen LogP contribution in [0.1, 0.15) is 46.4 Å². The predicted octanol–water partition coefficient (Wildman–Crippen LogP) is 6.16. The molecule has 0 saturated heterocycles. The maximum absolute atomic E-state index is 13.4. The van der Waals surface area contributed by atoms with Crippen LogP contribution >= 0.6 is 11.3 Å². The van der Waals surface area contributed by atoms with Crippen LogP contribution in [0.15, 0.2) is 28.8 Å². The molecule has 0 radical (unpaired) electrons. The second-order valence-corrected chi connectivity index (χ2v) is 24.8. The van der Waals surface area contributed by atoms with Gasteiger partial charge in [-0.15, -0.1) is 11.3 Å². The molecule has 1 aromatic heterocycles. The number of sulfone groups is 1. The summed E-state index contributed by atoms with van der Waals surface area (Å²) in [4.78, 5) is 1.40. The molecule has 0 atom stereocenters. The molecule has 26 heavy (non-hydrogen) atoms. The van der Waals surface area contributed by atoms with E-state index in [1.54, 1.807) is 11.3 Å². The van der Waals surface area contributed by atoms with Gasteiger partial charge >= 0.3 is 0 Å². The second-order valence-electron chi connectivity index (χ2n) is 10.5. The van der Waals surface area contributed by atoms with Gasteiger partial charge in [-0.3, -0.25) is 0 Å². The maximum atomic E-state index is 13.4. The van der Waals surface area contributed by atoms with Gasteiger partial charge in [0.2, 0.25) is 0 Å². The standard InChI is InChI=1S/C20H34O2S2Si2/c1-19(2,3)25(7,8)17-13-11-15(23-17)16-12-14-18(24(16,21)22)26(9,10)20(4,5)6/h11-14H,1-10H3. The highest BCUT2D eigenvalue weighted by atomic mass is 32.2. The van der Waals surface area contributed by atoms with Crippen LogP contribution < -0.4 is 4.50 Å². The Morgan fingerprint density at radius 3 is 1.77 bits per heavy atom. The fourth-order valence-corrected chi connectivity index (χ4v) is 13.6. The molecule has 0 aromatic carbocycles. The highest BCUT2D eigenvalue weighted by Crippen LogP contribution is 2.48. The van der Waals surface area contributed by atoms with Gasteiger partial charge in [0.25, 0.3) is 0 Å². The third kappa shape index (κ3) is 3.38. The van der Waals surface area contributed by atoms with Crippen molar-refractivity contribution in [1.82, 2.24) is 0 Å². The number of thiophene rings is 1. The molecule has 0 aliphatic carbocycles. The van der Waals surface area contributed by atoms with E-state index in [0.29, 0.717) is 9.43 Å². The zero-order valence-electron chi connectivity index (χ0n) is 17.9. The first-order valence-electron chi connectivity index (χ1n) is 9.22. The van der Waals surface area contributed by atoms with Crippen molar-refractivity contribution in [2.45, 2.75) is 77.8 Å². The monoisotopic (exact) mass is 426 g/mol. The molecule has 146 valence electrons. The highest BCUT2D eigenvalue weighted by molar-refractivity contribution is 8.06. The van der Waals surface area contributed by atoms with E-state index in [1.807, 2.05) is 18.2 Å². The number of hydrogen-bond donors (Lipinski definition) is 0. The van der Waals surface area contributed by atoms with Crippen molar-refractivity contribution < 1.29 is 8.42 Å². The van der Waals surface area contributed by atoms with Gasteiger partial charge in [0.1, 0.15) is 8.07 Å². The Morgan fingerprint density at radius 2 is 1.31 bits per heavy atom. The molecule has 0 unspecified atom stereocenters. The Morgan fingerprint density at radius 1 is 0.808 bits per heavy atom. The van der Waals surface area contributed by atoms with Crippen LogP contribution in [0.4, 0.5) is 0 Å². The maximum Gasteiger partial charge on any atom is 0.200 e. The van der Waals surface area contributed by atoms with Crippen LogP contribution in [0.25, 0.3) is 4.91 Å². The lowest BCUT2D eigenvalue weighted by Crippen LogP contribution is -2.47. The lowest BCUT2D eigenvalue weighted by Gasteiger charge is -2.37. The third-order valence-electron chi connectivity index (χ3n) is 6.80. The summed E-state index contributed by atoms with van der Waals surface area (Å²) in [5.74, 6) is 0. The SMILES string of the molecule is CC(C)(C)[Si](C)(C)C1=CC=C(c2ccc([Si](C)(C)C(C)(C)C)s2)S1(=O)=O. The summed E-state index contributed by atoms with van der Waals surface area (Å²) in [5.41, 5.74) is 0. The Labute approximate surface area is 166 Å². The molecule has 2 rings (SSSR count). The van der Waals surface area contributed by atoms with Crippen molar-refractivity contribution in [3.63, 3.8) is 0 Å². The summed E-state index contributed by atoms with van der Waals surface area (Å²) in [6.45, 7) is 22.4. The first-order valence-corrected chi connectivity index (χ1v) is 17.5.